The molecule has 2 atom stereocenters. The number of rotatable bonds is 6. The van der Waals surface area contributed by atoms with Crippen LogP contribution in [0.1, 0.15) is 47.5 Å². The number of carbonyl (C=O) groups excluding carboxylic acids is 1. The van der Waals surface area contributed by atoms with Crippen LogP contribution < -0.4 is 0 Å². The highest BCUT2D eigenvalue weighted by molar-refractivity contribution is 5.79. The van der Waals surface area contributed by atoms with Crippen molar-refractivity contribution in [2.45, 2.75) is 38.0 Å². The van der Waals surface area contributed by atoms with Gasteiger partial charge in [0.05, 0.1) is 13.0 Å². The second kappa shape index (κ2) is 7.19. The van der Waals surface area contributed by atoms with Crippen LogP contribution in [0.5, 0.6) is 0 Å². The largest absolute Gasteiger partial charge is 0.384 e. The number of hydrogen-bond acceptors (Lipinski definition) is 4. The SMILES string of the molecule is COC[C@@H]1CN(C(=O)Cc2ccccc2C)C[C@H]1c1nc(C2CC2)n[nH]1. The molecule has 2 aliphatic rings. The van der Waals surface area contributed by atoms with Crippen molar-refractivity contribution in [2.75, 3.05) is 26.8 Å². The third-order valence-electron chi connectivity index (χ3n) is 5.59. The average Bonchev–Trinajstić information content (AvgIpc) is 3.21. The summed E-state index contributed by atoms with van der Waals surface area (Å²) in [7, 11) is 1.71. The molecule has 1 saturated carbocycles. The molecule has 6 heteroatoms. The first kappa shape index (κ1) is 17.2. The molecular formula is C20H26N4O2. The van der Waals surface area contributed by atoms with Crippen LogP contribution in [0.25, 0.3) is 0 Å². The number of benzene rings is 1. The number of aromatic nitrogens is 3. The van der Waals surface area contributed by atoms with Gasteiger partial charge in [-0.25, -0.2) is 4.98 Å². The number of aryl methyl sites for hydroxylation is 1. The Bertz CT molecular complexity index is 784. The Balaban J connectivity index is 1.47. The molecular weight excluding hydrogens is 328 g/mol. The first-order chi connectivity index (χ1) is 12.7. The second-order valence-corrected chi connectivity index (χ2v) is 7.58. The van der Waals surface area contributed by atoms with E-state index in [0.29, 0.717) is 32.0 Å². The maximum atomic E-state index is 12.9. The van der Waals surface area contributed by atoms with Crippen molar-refractivity contribution in [3.8, 4) is 0 Å². The van der Waals surface area contributed by atoms with Crippen LogP contribution in [0.4, 0.5) is 0 Å². The van der Waals surface area contributed by atoms with Gasteiger partial charge in [-0.15, -0.1) is 0 Å². The molecule has 1 amide bonds. The van der Waals surface area contributed by atoms with Gasteiger partial charge in [0.2, 0.25) is 5.91 Å². The molecule has 6 nitrogen and oxygen atoms in total. The van der Waals surface area contributed by atoms with Crippen LogP contribution in [0, 0.1) is 12.8 Å². The van der Waals surface area contributed by atoms with Crippen LogP contribution in [0.15, 0.2) is 24.3 Å². The average molecular weight is 354 g/mol. The minimum Gasteiger partial charge on any atom is -0.384 e. The number of carbonyl (C=O) groups is 1. The fraction of sp³-hybridized carbons (Fsp3) is 0.550. The molecule has 4 rings (SSSR count). The number of aromatic amines is 1. The fourth-order valence-corrected chi connectivity index (χ4v) is 3.83. The Morgan fingerprint density at radius 2 is 2.12 bits per heavy atom. The Morgan fingerprint density at radius 3 is 2.85 bits per heavy atom. The topological polar surface area (TPSA) is 71.1 Å². The highest BCUT2D eigenvalue weighted by atomic mass is 16.5. The van der Waals surface area contributed by atoms with E-state index in [1.54, 1.807) is 7.11 Å². The first-order valence-corrected chi connectivity index (χ1v) is 9.39. The van der Waals surface area contributed by atoms with Gasteiger partial charge in [-0.05, 0) is 30.9 Å². The zero-order chi connectivity index (χ0) is 18.1. The van der Waals surface area contributed by atoms with Gasteiger partial charge in [-0.3, -0.25) is 9.89 Å². The third-order valence-corrected chi connectivity index (χ3v) is 5.59. The number of nitrogens with zero attached hydrogens (tertiary/aromatic N) is 3. The molecule has 1 saturated heterocycles. The molecule has 1 N–H and O–H groups in total. The van der Waals surface area contributed by atoms with Crippen LogP contribution >= 0.6 is 0 Å². The number of nitrogens with one attached hydrogen (secondary N) is 1. The molecule has 2 fully saturated rings. The lowest BCUT2D eigenvalue weighted by Gasteiger charge is -2.17. The second-order valence-electron chi connectivity index (χ2n) is 7.58. The van der Waals surface area contributed by atoms with E-state index in [2.05, 4.69) is 23.2 Å². The quantitative estimate of drug-likeness (QED) is 0.865. The summed E-state index contributed by atoms with van der Waals surface area (Å²) in [5, 5.41) is 7.51. The van der Waals surface area contributed by atoms with E-state index >= 15 is 0 Å². The van der Waals surface area contributed by atoms with Crippen molar-refractivity contribution in [3.63, 3.8) is 0 Å². The molecule has 1 aliphatic heterocycles. The Morgan fingerprint density at radius 1 is 1.31 bits per heavy atom. The summed E-state index contributed by atoms with van der Waals surface area (Å²) in [5.74, 6) is 2.95. The lowest BCUT2D eigenvalue weighted by atomic mass is 9.96. The molecule has 1 aromatic heterocycles. The summed E-state index contributed by atoms with van der Waals surface area (Å²) in [6.07, 6.45) is 2.82. The van der Waals surface area contributed by atoms with Gasteiger partial charge < -0.3 is 9.64 Å². The van der Waals surface area contributed by atoms with Crippen molar-refractivity contribution >= 4 is 5.91 Å². The lowest BCUT2D eigenvalue weighted by Crippen LogP contribution is -2.30. The van der Waals surface area contributed by atoms with Crippen molar-refractivity contribution in [3.05, 3.63) is 47.0 Å². The van der Waals surface area contributed by atoms with E-state index in [1.165, 1.54) is 12.8 Å². The summed E-state index contributed by atoms with van der Waals surface area (Å²) >= 11 is 0. The van der Waals surface area contributed by atoms with E-state index in [4.69, 9.17) is 9.72 Å². The Labute approximate surface area is 154 Å². The van der Waals surface area contributed by atoms with Crippen LogP contribution in [-0.2, 0) is 16.0 Å². The normalized spacial score (nSPS) is 22.8. The van der Waals surface area contributed by atoms with Crippen molar-refractivity contribution in [1.29, 1.82) is 0 Å². The van der Waals surface area contributed by atoms with Gasteiger partial charge in [0, 0.05) is 38.0 Å². The summed E-state index contributed by atoms with van der Waals surface area (Å²) in [5.41, 5.74) is 2.26. The number of methoxy groups -OCH3 is 1. The maximum absolute atomic E-state index is 12.9. The zero-order valence-electron chi connectivity index (χ0n) is 15.4. The maximum Gasteiger partial charge on any atom is 0.227 e. The third kappa shape index (κ3) is 3.51. The predicted octanol–water partition coefficient (Wildman–Crippen LogP) is 2.42. The van der Waals surface area contributed by atoms with Gasteiger partial charge in [0.15, 0.2) is 5.82 Å². The molecule has 0 bridgehead atoms. The molecule has 0 radical (unpaired) electrons. The van der Waals surface area contributed by atoms with Gasteiger partial charge >= 0.3 is 0 Å². The van der Waals surface area contributed by atoms with Crippen LogP contribution in [-0.4, -0.2) is 52.8 Å². The van der Waals surface area contributed by atoms with Crippen LogP contribution in [0.3, 0.4) is 0 Å². The van der Waals surface area contributed by atoms with Crippen molar-refractivity contribution < 1.29 is 9.53 Å². The first-order valence-electron chi connectivity index (χ1n) is 9.39. The number of H-pyrrole nitrogens is 1. The number of likely N-dealkylation sites (tertiary alicyclic amines) is 1. The summed E-state index contributed by atoms with van der Waals surface area (Å²) in [6.45, 7) is 4.07. The molecule has 26 heavy (non-hydrogen) atoms. The summed E-state index contributed by atoms with van der Waals surface area (Å²) in [4.78, 5) is 19.5. The van der Waals surface area contributed by atoms with E-state index in [-0.39, 0.29) is 17.7 Å². The monoisotopic (exact) mass is 354 g/mol. The molecule has 2 heterocycles. The predicted molar refractivity (Wildman–Crippen MR) is 97.9 cm³/mol. The summed E-state index contributed by atoms with van der Waals surface area (Å²) < 4.78 is 5.41. The van der Waals surface area contributed by atoms with E-state index in [9.17, 15) is 4.79 Å². The Kier molecular flexibility index (Phi) is 4.76. The molecule has 1 aromatic carbocycles. The van der Waals surface area contributed by atoms with Crippen LogP contribution in [0.2, 0.25) is 0 Å². The van der Waals surface area contributed by atoms with Gasteiger partial charge in [0.25, 0.3) is 0 Å². The molecule has 138 valence electrons. The van der Waals surface area contributed by atoms with Gasteiger partial charge in [-0.2, -0.15) is 5.10 Å². The molecule has 2 aromatic rings. The number of hydrogen-bond donors (Lipinski definition) is 1. The molecule has 0 spiro atoms. The Hall–Kier alpha value is -2.21. The van der Waals surface area contributed by atoms with Crippen molar-refractivity contribution in [2.24, 2.45) is 5.92 Å². The minimum absolute atomic E-state index is 0.163. The van der Waals surface area contributed by atoms with E-state index in [1.807, 2.05) is 23.1 Å². The lowest BCUT2D eigenvalue weighted by molar-refractivity contribution is -0.129. The smallest absolute Gasteiger partial charge is 0.227 e. The highest BCUT2D eigenvalue weighted by Gasteiger charge is 2.39. The van der Waals surface area contributed by atoms with E-state index in [0.717, 1.165) is 22.8 Å². The molecule has 0 unspecified atom stereocenters. The number of ether oxygens (including phenoxy) is 1. The van der Waals surface area contributed by atoms with Gasteiger partial charge in [-0.1, -0.05) is 24.3 Å². The highest BCUT2D eigenvalue weighted by Crippen LogP contribution is 2.39. The van der Waals surface area contributed by atoms with E-state index < -0.39 is 0 Å². The zero-order valence-corrected chi connectivity index (χ0v) is 15.4. The number of amides is 1. The standard InChI is InChI=1S/C20H26N4O2/c1-13-5-3-4-6-15(13)9-18(25)24-10-16(12-26-2)17(11-24)20-21-19(22-23-20)14-7-8-14/h3-6,14,16-17H,7-12H2,1-2H3,(H,21,22,23)/t16-,17+/m0/s1. The van der Waals surface area contributed by atoms with Gasteiger partial charge in [0.1, 0.15) is 5.82 Å². The minimum atomic E-state index is 0.163. The molecule has 1 aliphatic carbocycles. The van der Waals surface area contributed by atoms with Crippen molar-refractivity contribution in [1.82, 2.24) is 20.1 Å². The summed E-state index contributed by atoms with van der Waals surface area (Å²) in [6, 6.07) is 8.08. The fourth-order valence-electron chi connectivity index (χ4n) is 3.83.